The molecule has 0 saturated carbocycles. The highest BCUT2D eigenvalue weighted by Gasteiger charge is 2.39. The van der Waals surface area contributed by atoms with Gasteiger partial charge in [-0.05, 0) is 38.6 Å². The van der Waals surface area contributed by atoms with Gasteiger partial charge in [0.15, 0.2) is 17.0 Å². The fourth-order valence-corrected chi connectivity index (χ4v) is 5.62. The van der Waals surface area contributed by atoms with Gasteiger partial charge in [0.25, 0.3) is 0 Å². The molecule has 190 valence electrons. The minimum absolute atomic E-state index is 0.184. The number of aliphatic hydroxyl groups is 1. The third-order valence-electron chi connectivity index (χ3n) is 7.38. The molecule has 3 aromatic heterocycles. The number of aryl methyl sites for hydroxylation is 1. The van der Waals surface area contributed by atoms with E-state index in [1.165, 1.54) is 0 Å². The molecule has 2 fully saturated rings. The van der Waals surface area contributed by atoms with E-state index in [1.54, 1.807) is 0 Å². The number of likely N-dealkylation sites (N-methyl/N-ethyl adjacent to an activating group) is 1. The molecule has 5 heterocycles. The summed E-state index contributed by atoms with van der Waals surface area (Å²) >= 11 is 0. The zero-order chi connectivity index (χ0) is 25.0. The molecular weight excluding hydrogens is 456 g/mol. The topological polar surface area (TPSA) is 97.4 Å². The standard InChI is InChI=1S/C26H34N8O2/c1-17(2)21-27-18-8-5-6-9-19(18)34(21)25-29-22-20(23(30-25)33-12-14-36-15-13-33)28-24(32(22)4)26(35)10-7-11-31(3)16-26/h5-6,8-9,17,35H,7,10-16H2,1-4H3/t26-/m0/s1. The van der Waals surface area contributed by atoms with Gasteiger partial charge in [-0.2, -0.15) is 9.97 Å². The van der Waals surface area contributed by atoms with E-state index in [4.69, 9.17) is 24.7 Å². The number of imidazole rings is 2. The second-order valence-electron chi connectivity index (χ2n) is 10.4. The zero-order valence-electron chi connectivity index (χ0n) is 21.5. The van der Waals surface area contributed by atoms with Crippen LogP contribution in [0.15, 0.2) is 24.3 Å². The fraction of sp³-hybridized carbons (Fsp3) is 0.538. The molecule has 1 aromatic carbocycles. The largest absolute Gasteiger partial charge is 0.381 e. The van der Waals surface area contributed by atoms with Crippen LogP contribution in [0.25, 0.3) is 28.1 Å². The van der Waals surface area contributed by atoms with Gasteiger partial charge in [-0.1, -0.05) is 26.0 Å². The number of piperidine rings is 1. The van der Waals surface area contributed by atoms with Crippen LogP contribution in [0.4, 0.5) is 5.82 Å². The Balaban J connectivity index is 1.61. The smallest absolute Gasteiger partial charge is 0.239 e. The van der Waals surface area contributed by atoms with E-state index in [-0.39, 0.29) is 5.92 Å². The van der Waals surface area contributed by atoms with Crippen LogP contribution in [0, 0.1) is 0 Å². The van der Waals surface area contributed by atoms with Crippen LogP contribution in [0.5, 0.6) is 0 Å². The molecule has 4 aromatic rings. The number of aromatic nitrogens is 6. The number of fused-ring (bicyclic) bond motifs is 2. The van der Waals surface area contributed by atoms with Crippen molar-refractivity contribution in [2.45, 2.75) is 38.2 Å². The summed E-state index contributed by atoms with van der Waals surface area (Å²) in [5, 5.41) is 11.7. The Labute approximate surface area is 210 Å². The molecule has 2 saturated heterocycles. The lowest BCUT2D eigenvalue weighted by Gasteiger charge is -2.36. The summed E-state index contributed by atoms with van der Waals surface area (Å²) in [7, 11) is 3.99. The molecule has 0 radical (unpaired) electrons. The van der Waals surface area contributed by atoms with Crippen LogP contribution in [0.3, 0.4) is 0 Å². The molecule has 1 atom stereocenters. The molecule has 36 heavy (non-hydrogen) atoms. The van der Waals surface area contributed by atoms with Crippen molar-refractivity contribution in [1.82, 2.24) is 34.0 Å². The molecule has 6 rings (SSSR count). The quantitative estimate of drug-likeness (QED) is 0.466. The van der Waals surface area contributed by atoms with E-state index in [0.29, 0.717) is 43.6 Å². The molecule has 0 bridgehead atoms. The van der Waals surface area contributed by atoms with Crippen molar-refractivity contribution < 1.29 is 9.84 Å². The van der Waals surface area contributed by atoms with Crippen molar-refractivity contribution >= 4 is 28.0 Å². The van der Waals surface area contributed by atoms with E-state index < -0.39 is 5.60 Å². The van der Waals surface area contributed by atoms with E-state index >= 15 is 0 Å². The third kappa shape index (κ3) is 3.75. The second kappa shape index (κ2) is 8.79. The van der Waals surface area contributed by atoms with Gasteiger partial charge in [-0.3, -0.25) is 4.57 Å². The number of hydrogen-bond donors (Lipinski definition) is 1. The van der Waals surface area contributed by atoms with E-state index in [1.807, 2.05) is 36.9 Å². The van der Waals surface area contributed by atoms with Gasteiger partial charge in [0.05, 0.1) is 24.2 Å². The van der Waals surface area contributed by atoms with Gasteiger partial charge in [0.1, 0.15) is 17.2 Å². The lowest BCUT2D eigenvalue weighted by molar-refractivity contribution is -0.0365. The Hall–Kier alpha value is -3.08. The molecule has 0 aliphatic carbocycles. The number of anilines is 1. The zero-order valence-corrected chi connectivity index (χ0v) is 21.5. The predicted octanol–water partition coefficient (Wildman–Crippen LogP) is 2.58. The molecule has 10 nitrogen and oxygen atoms in total. The Morgan fingerprint density at radius 1 is 1.00 bits per heavy atom. The first-order valence-electron chi connectivity index (χ1n) is 12.8. The number of nitrogens with zero attached hydrogens (tertiary/aromatic N) is 8. The summed E-state index contributed by atoms with van der Waals surface area (Å²) in [6, 6.07) is 8.10. The second-order valence-corrected chi connectivity index (χ2v) is 10.4. The first kappa shape index (κ1) is 23.3. The number of rotatable bonds is 4. The van der Waals surface area contributed by atoms with Crippen LogP contribution >= 0.6 is 0 Å². The van der Waals surface area contributed by atoms with Gasteiger partial charge in [0, 0.05) is 32.6 Å². The van der Waals surface area contributed by atoms with Crippen LogP contribution in [-0.4, -0.2) is 85.5 Å². The maximum absolute atomic E-state index is 11.7. The number of morpholine rings is 1. The molecule has 2 aliphatic rings. The number of ether oxygens (including phenoxy) is 1. The lowest BCUT2D eigenvalue weighted by atomic mass is 9.92. The van der Waals surface area contributed by atoms with Crippen molar-refractivity contribution in [2.24, 2.45) is 7.05 Å². The SMILES string of the molecule is CC(C)c1nc2ccccc2n1-c1nc(N2CCOCC2)c2nc([C@]3(O)CCCN(C)C3)n(C)c2n1. The van der Waals surface area contributed by atoms with E-state index in [9.17, 15) is 5.11 Å². The minimum atomic E-state index is -1.03. The summed E-state index contributed by atoms with van der Waals surface area (Å²) < 4.78 is 9.65. The highest BCUT2D eigenvalue weighted by atomic mass is 16.5. The molecule has 0 spiro atoms. The maximum Gasteiger partial charge on any atom is 0.239 e. The first-order valence-corrected chi connectivity index (χ1v) is 12.8. The van der Waals surface area contributed by atoms with Crippen LogP contribution in [0.2, 0.25) is 0 Å². The van der Waals surface area contributed by atoms with Crippen molar-refractivity contribution in [2.75, 3.05) is 51.3 Å². The average molecular weight is 491 g/mol. The van der Waals surface area contributed by atoms with E-state index in [2.05, 4.69) is 34.3 Å². The monoisotopic (exact) mass is 490 g/mol. The third-order valence-corrected chi connectivity index (χ3v) is 7.38. The molecule has 10 heteroatoms. The van der Waals surface area contributed by atoms with E-state index in [0.717, 1.165) is 54.2 Å². The lowest BCUT2D eigenvalue weighted by Crippen LogP contribution is -2.45. The van der Waals surface area contributed by atoms with Gasteiger partial charge in [-0.25, -0.2) is 9.97 Å². The van der Waals surface area contributed by atoms with Crippen LogP contribution < -0.4 is 4.90 Å². The summed E-state index contributed by atoms with van der Waals surface area (Å²) in [5.74, 6) is 3.09. The number of β-amino-alcohol motifs (C(OH)–C–C–N with tert-alkyl or cyclic N) is 1. The Morgan fingerprint density at radius 3 is 2.53 bits per heavy atom. The highest BCUT2D eigenvalue weighted by molar-refractivity contribution is 5.86. The van der Waals surface area contributed by atoms with Crippen molar-refractivity contribution in [1.29, 1.82) is 0 Å². The summed E-state index contributed by atoms with van der Waals surface area (Å²) in [4.78, 5) is 24.5. The van der Waals surface area contributed by atoms with Gasteiger partial charge in [-0.15, -0.1) is 0 Å². The predicted molar refractivity (Wildman–Crippen MR) is 139 cm³/mol. The molecule has 2 aliphatic heterocycles. The number of hydrogen-bond acceptors (Lipinski definition) is 8. The average Bonchev–Trinajstić information content (AvgIpc) is 3.43. The van der Waals surface area contributed by atoms with Gasteiger partial charge >= 0.3 is 0 Å². The molecule has 0 unspecified atom stereocenters. The van der Waals surface area contributed by atoms with Crippen LogP contribution in [-0.2, 0) is 17.4 Å². The van der Waals surface area contributed by atoms with Crippen molar-refractivity contribution in [3.63, 3.8) is 0 Å². The maximum atomic E-state index is 11.7. The van der Waals surface area contributed by atoms with Gasteiger partial charge in [0.2, 0.25) is 5.95 Å². The molecule has 1 N–H and O–H groups in total. The summed E-state index contributed by atoms with van der Waals surface area (Å²) in [6.07, 6.45) is 1.59. The van der Waals surface area contributed by atoms with Crippen LogP contribution in [0.1, 0.15) is 44.3 Å². The number of likely N-dealkylation sites (tertiary alicyclic amines) is 1. The van der Waals surface area contributed by atoms with Crippen molar-refractivity contribution in [3.8, 4) is 5.95 Å². The Morgan fingerprint density at radius 2 is 1.78 bits per heavy atom. The first-order chi connectivity index (χ1) is 17.4. The number of para-hydroxylation sites is 2. The Bertz CT molecular complexity index is 1420. The normalized spacial score (nSPS) is 21.8. The number of benzene rings is 1. The Kier molecular flexibility index (Phi) is 5.70. The summed E-state index contributed by atoms with van der Waals surface area (Å²) in [5.41, 5.74) is 2.29. The molecule has 0 amide bonds. The minimum Gasteiger partial charge on any atom is -0.381 e. The molecular formula is C26H34N8O2. The summed E-state index contributed by atoms with van der Waals surface area (Å²) in [6.45, 7) is 8.52. The fourth-order valence-electron chi connectivity index (χ4n) is 5.62. The van der Waals surface area contributed by atoms with Crippen molar-refractivity contribution in [3.05, 3.63) is 35.9 Å². The highest BCUT2D eigenvalue weighted by Crippen LogP contribution is 2.35. The van der Waals surface area contributed by atoms with Gasteiger partial charge < -0.3 is 24.2 Å².